The normalized spacial score (nSPS) is 18.5. The number of hydrazine groups is 1. The van der Waals surface area contributed by atoms with Crippen molar-refractivity contribution < 1.29 is 73.6 Å². The second-order valence-electron chi connectivity index (χ2n) is 20.4. The number of hydrogen-bond acceptors (Lipinski definition) is 15. The van der Waals surface area contributed by atoms with Crippen molar-refractivity contribution in [2.24, 2.45) is 10.8 Å². The Morgan fingerprint density at radius 1 is 0.810 bits per heavy atom. The van der Waals surface area contributed by atoms with Gasteiger partial charge in [0.25, 0.3) is 5.91 Å². The van der Waals surface area contributed by atoms with Crippen molar-refractivity contribution in [2.45, 2.75) is 108 Å². The van der Waals surface area contributed by atoms with E-state index in [1.165, 1.54) is 30.6 Å². The molecular weight excluding hydrogens is 1060 g/mol. The maximum Gasteiger partial charge on any atom is 0.407 e. The molecule has 5 N–H and O–H groups in total. The Bertz CT molecular complexity index is 2830. The van der Waals surface area contributed by atoms with Crippen molar-refractivity contribution in [2.75, 3.05) is 51.9 Å². The maximum atomic E-state index is 16.0. The van der Waals surface area contributed by atoms with Crippen LogP contribution in [0.15, 0.2) is 67.3 Å². The lowest BCUT2D eigenvalue weighted by Gasteiger charge is -2.47. The van der Waals surface area contributed by atoms with Gasteiger partial charge in [-0.2, -0.15) is 26.3 Å². The number of alkyl halides is 6. The Hall–Kier alpha value is -7.28. The first-order chi connectivity index (χ1) is 37.2. The Kier molecular flexibility index (Phi) is 18.3. The number of hydrogen-bond donors (Lipinski definition) is 5. The Balaban J connectivity index is 1.17. The molecule has 79 heavy (non-hydrogen) atoms. The van der Waals surface area contributed by atoms with E-state index >= 15 is 8.78 Å². The van der Waals surface area contributed by atoms with Crippen LogP contribution in [0.5, 0.6) is 0 Å². The SMILES string of the molecule is CNC(=O)O[C@H](C(=O)NN(Cc1c(F)cc(-c2ncccn2)cc1F)C[C@H](O)[C@H](Cc1ccc(C#Cc2cnc(N3C[C@@H]4CC[C@@H](C3)N4C3COC3)nc2)cc1)NC(=O)[C@@H](NC(=O)OC)C(C)(C)C(F)(F)F)C(C)(C)C(F)(F)F. The van der Waals surface area contributed by atoms with E-state index in [0.717, 1.165) is 65.4 Å². The smallest absolute Gasteiger partial charge is 0.407 e. The van der Waals surface area contributed by atoms with E-state index in [1.54, 1.807) is 24.5 Å². The molecule has 19 nitrogen and oxygen atoms in total. The number of rotatable bonds is 18. The van der Waals surface area contributed by atoms with E-state index in [-0.39, 0.29) is 11.4 Å². The van der Waals surface area contributed by atoms with Crippen molar-refractivity contribution in [3.8, 4) is 23.2 Å². The zero-order valence-corrected chi connectivity index (χ0v) is 43.7. The predicted octanol–water partition coefficient (Wildman–Crippen LogP) is 5.21. The molecule has 3 saturated heterocycles. The van der Waals surface area contributed by atoms with Gasteiger partial charge in [0, 0.05) is 86.8 Å². The summed E-state index contributed by atoms with van der Waals surface area (Å²) in [6.07, 6.45) is -10.6. The molecule has 3 aliphatic rings. The van der Waals surface area contributed by atoms with Crippen LogP contribution in [0.1, 0.15) is 62.8 Å². The molecule has 0 aliphatic carbocycles. The van der Waals surface area contributed by atoms with Crippen molar-refractivity contribution in [1.29, 1.82) is 0 Å². The number of nitrogens with one attached hydrogen (secondary N) is 4. The summed E-state index contributed by atoms with van der Waals surface area (Å²) in [5.41, 5.74) is -3.83. The van der Waals surface area contributed by atoms with Gasteiger partial charge in [-0.1, -0.05) is 24.0 Å². The highest BCUT2D eigenvalue weighted by Gasteiger charge is 2.58. The van der Waals surface area contributed by atoms with E-state index in [4.69, 9.17) is 9.47 Å². The standard InChI is InChI=1S/C52H59F8N11O8/c1-49(2,51(55,56)57)41(67-48(76)77-6)44(73)66-39(18-30-11-8-29(9-12-30)10-13-31-21-64-46(65-22-31)69-23-33-14-15-34(24-69)71(33)35-27-78-28-35)40(72)26-70(68-45(74)42(79-47(75)61-5)50(3,4)52(58,59)60)25-36-37(53)19-32(20-38(36)54)43-62-16-7-17-63-43/h7-9,11-12,16-17,19-22,33-35,39-42,72H,14-15,18,23-28H2,1-6H3,(H,61,75)(H,66,73)(H,67,76)(H,68,74)/t33-,34-,39-,40-,41+,42+/m0/s1. The van der Waals surface area contributed by atoms with Crippen LogP contribution < -0.4 is 26.3 Å². The van der Waals surface area contributed by atoms with Crippen LogP contribution in [0, 0.1) is 34.3 Å². The van der Waals surface area contributed by atoms with Crippen LogP contribution in [0.3, 0.4) is 0 Å². The molecule has 27 heteroatoms. The number of carbonyl (C=O) groups is 4. The third kappa shape index (κ3) is 14.0. The van der Waals surface area contributed by atoms with Crippen molar-refractivity contribution >= 4 is 29.9 Å². The summed E-state index contributed by atoms with van der Waals surface area (Å²) in [5.74, 6) is 0.675. The number of fused-ring (bicyclic) bond motifs is 2. The molecule has 4 aromatic rings. The van der Waals surface area contributed by atoms with Gasteiger partial charge in [-0.3, -0.25) is 19.9 Å². The highest BCUT2D eigenvalue weighted by atomic mass is 19.4. The van der Waals surface area contributed by atoms with Gasteiger partial charge in [0.15, 0.2) is 11.9 Å². The summed E-state index contributed by atoms with van der Waals surface area (Å²) in [6, 6.07) is 6.26. The number of nitrogens with zero attached hydrogens (tertiary/aromatic N) is 7. The van der Waals surface area contributed by atoms with Crippen LogP contribution >= 0.6 is 0 Å². The lowest BCUT2D eigenvalue weighted by atomic mass is 9.82. The van der Waals surface area contributed by atoms with Gasteiger partial charge in [-0.05, 0) is 82.9 Å². The van der Waals surface area contributed by atoms with E-state index in [0.29, 0.717) is 73.5 Å². The number of aliphatic hydroxyl groups excluding tert-OH is 1. The van der Waals surface area contributed by atoms with Crippen LogP contribution in [0.2, 0.25) is 0 Å². The minimum absolute atomic E-state index is 0.102. The summed E-state index contributed by atoms with van der Waals surface area (Å²) in [4.78, 5) is 74.6. The number of aliphatic hydroxyl groups is 1. The summed E-state index contributed by atoms with van der Waals surface area (Å²) >= 11 is 0. The Morgan fingerprint density at radius 3 is 1.92 bits per heavy atom. The molecule has 7 rings (SSSR count). The molecule has 0 spiro atoms. The summed E-state index contributed by atoms with van der Waals surface area (Å²) in [7, 11) is 1.84. The van der Waals surface area contributed by atoms with Gasteiger partial charge in [-0.25, -0.2) is 43.3 Å². The van der Waals surface area contributed by atoms with Gasteiger partial charge in [0.2, 0.25) is 11.9 Å². The van der Waals surface area contributed by atoms with Gasteiger partial charge >= 0.3 is 24.5 Å². The number of benzene rings is 2. The molecule has 5 heterocycles. The summed E-state index contributed by atoms with van der Waals surface area (Å²) in [6.45, 7) is 3.24. The number of ether oxygens (including phenoxy) is 3. The van der Waals surface area contributed by atoms with E-state index in [2.05, 4.69) is 57.1 Å². The predicted molar refractivity (Wildman–Crippen MR) is 266 cm³/mol. The van der Waals surface area contributed by atoms with E-state index < -0.39 is 108 Å². The maximum absolute atomic E-state index is 16.0. The van der Waals surface area contributed by atoms with Gasteiger partial charge in [0.1, 0.15) is 23.1 Å². The van der Waals surface area contributed by atoms with Crippen LogP contribution in [-0.4, -0.2) is 161 Å². The average Bonchev–Trinajstić information content (AvgIpc) is 3.81. The zero-order valence-electron chi connectivity index (χ0n) is 43.7. The molecule has 2 bridgehead atoms. The number of aromatic nitrogens is 4. The van der Waals surface area contributed by atoms with Gasteiger partial charge in [0.05, 0.1) is 49.5 Å². The lowest BCUT2D eigenvalue weighted by Crippen LogP contribution is -2.62. The minimum Gasteiger partial charge on any atom is -0.453 e. The van der Waals surface area contributed by atoms with Crippen molar-refractivity contribution in [3.05, 3.63) is 101 Å². The average molecular weight is 1120 g/mol. The molecular formula is C52H59F8N11O8. The molecule has 426 valence electrons. The Labute approximate surface area is 449 Å². The second-order valence-corrected chi connectivity index (χ2v) is 20.4. The second kappa shape index (κ2) is 24.4. The fourth-order valence-corrected chi connectivity index (χ4v) is 9.31. The lowest BCUT2D eigenvalue weighted by molar-refractivity contribution is -0.239. The number of halogens is 8. The topological polar surface area (TPSA) is 226 Å². The Morgan fingerprint density at radius 2 is 1.39 bits per heavy atom. The number of alkyl carbamates (subject to hydrolysis) is 2. The summed E-state index contributed by atoms with van der Waals surface area (Å²) < 4.78 is 134. The number of anilines is 1. The molecule has 2 aromatic heterocycles. The first kappa shape index (κ1) is 59.4. The quantitative estimate of drug-likeness (QED) is 0.0490. The fraction of sp³-hybridized carbons (Fsp3) is 0.500. The third-order valence-corrected chi connectivity index (χ3v) is 14.3. The van der Waals surface area contributed by atoms with E-state index in [1.807, 2.05) is 10.6 Å². The van der Waals surface area contributed by atoms with Crippen LogP contribution in [0.4, 0.5) is 50.7 Å². The molecule has 0 saturated carbocycles. The zero-order chi connectivity index (χ0) is 57.6. The van der Waals surface area contributed by atoms with Crippen molar-refractivity contribution in [1.82, 2.24) is 51.2 Å². The monoisotopic (exact) mass is 1120 g/mol. The van der Waals surface area contributed by atoms with Crippen LogP contribution in [0.25, 0.3) is 11.4 Å². The highest BCUT2D eigenvalue weighted by molar-refractivity contribution is 5.87. The minimum atomic E-state index is -5.22. The van der Waals surface area contributed by atoms with Gasteiger partial charge < -0.3 is 40.2 Å². The molecule has 3 fully saturated rings. The van der Waals surface area contributed by atoms with Gasteiger partial charge in [-0.15, -0.1) is 0 Å². The largest absolute Gasteiger partial charge is 0.453 e. The molecule has 0 unspecified atom stereocenters. The third-order valence-electron chi connectivity index (χ3n) is 14.3. The molecule has 4 amide bonds. The molecule has 2 aromatic carbocycles. The number of carbonyl (C=O) groups excluding carboxylic acids is 4. The first-order valence-corrected chi connectivity index (χ1v) is 24.9. The molecule has 0 radical (unpaired) electrons. The highest BCUT2D eigenvalue weighted by Crippen LogP contribution is 2.43. The van der Waals surface area contributed by atoms with Crippen LogP contribution in [-0.2, 0) is 36.8 Å². The van der Waals surface area contributed by atoms with E-state index in [9.17, 15) is 50.6 Å². The van der Waals surface area contributed by atoms with Crippen molar-refractivity contribution in [3.63, 3.8) is 0 Å². The number of piperazine rings is 1. The molecule has 3 aliphatic heterocycles. The molecule has 6 atom stereocenters. The number of amides is 4. The fourth-order valence-electron chi connectivity index (χ4n) is 9.31. The summed E-state index contributed by atoms with van der Waals surface area (Å²) in [5, 5.41) is 18.8. The first-order valence-electron chi connectivity index (χ1n) is 24.9. The number of methoxy groups -OCH3 is 1.